The maximum Gasteiger partial charge on any atom is 0.394 e. The highest BCUT2D eigenvalue weighted by Gasteiger charge is 2.44. The van der Waals surface area contributed by atoms with Crippen molar-refractivity contribution in [2.45, 2.75) is 37.7 Å². The fourth-order valence-corrected chi connectivity index (χ4v) is 2.89. The Labute approximate surface area is 94.0 Å². The molecule has 0 aromatic rings. The van der Waals surface area contributed by atoms with Crippen molar-refractivity contribution in [2.75, 3.05) is 13.1 Å². The first-order valence-electron chi connectivity index (χ1n) is 5.77. The van der Waals surface area contributed by atoms with E-state index in [9.17, 15) is 14.7 Å². The van der Waals surface area contributed by atoms with Gasteiger partial charge < -0.3 is 15.1 Å². The van der Waals surface area contributed by atoms with E-state index in [1.165, 1.54) is 4.90 Å². The minimum absolute atomic E-state index is 0.0540. The number of rotatable bonds is 0. The van der Waals surface area contributed by atoms with Crippen molar-refractivity contribution in [1.82, 2.24) is 4.90 Å². The summed E-state index contributed by atoms with van der Waals surface area (Å²) in [5.74, 6) is -2.19. The topological polar surface area (TPSA) is 77.8 Å². The van der Waals surface area contributed by atoms with Gasteiger partial charge in [0.15, 0.2) is 0 Å². The molecule has 0 aromatic carbocycles. The van der Waals surface area contributed by atoms with E-state index in [1.807, 2.05) is 0 Å². The van der Waals surface area contributed by atoms with Gasteiger partial charge in [0.1, 0.15) is 0 Å². The van der Waals surface area contributed by atoms with Gasteiger partial charge in [-0.25, -0.2) is 4.79 Å². The van der Waals surface area contributed by atoms with Crippen LogP contribution in [-0.4, -0.2) is 45.7 Å². The van der Waals surface area contributed by atoms with E-state index in [0.29, 0.717) is 19.5 Å². The van der Waals surface area contributed by atoms with Gasteiger partial charge in [0.25, 0.3) is 0 Å². The van der Waals surface area contributed by atoms with Crippen molar-refractivity contribution >= 4 is 11.9 Å². The number of nitrogens with zero attached hydrogens (tertiary/aromatic N) is 1. The first-order valence-corrected chi connectivity index (χ1v) is 5.77. The van der Waals surface area contributed by atoms with Gasteiger partial charge in [-0.05, 0) is 19.3 Å². The lowest BCUT2D eigenvalue weighted by Crippen LogP contribution is -2.55. The van der Waals surface area contributed by atoms with Gasteiger partial charge in [-0.1, -0.05) is 12.8 Å². The van der Waals surface area contributed by atoms with E-state index >= 15 is 0 Å². The molecule has 2 rings (SSSR count). The van der Waals surface area contributed by atoms with Crippen molar-refractivity contribution in [1.29, 1.82) is 0 Å². The highest BCUT2D eigenvalue weighted by Crippen LogP contribution is 2.39. The van der Waals surface area contributed by atoms with Gasteiger partial charge in [0, 0.05) is 19.0 Å². The number of carboxylic acid groups (broad SMARTS) is 1. The molecule has 2 atom stereocenters. The van der Waals surface area contributed by atoms with Gasteiger partial charge in [-0.15, -0.1) is 0 Å². The number of piperidine rings is 1. The molecule has 0 aromatic heterocycles. The van der Waals surface area contributed by atoms with E-state index in [2.05, 4.69) is 0 Å². The number of fused-ring (bicyclic) bond motifs is 1. The maximum atomic E-state index is 11.3. The Morgan fingerprint density at radius 2 is 2.00 bits per heavy atom. The number of carbonyl (C=O) groups is 2. The average Bonchev–Trinajstić information content (AvgIpc) is 2.26. The van der Waals surface area contributed by atoms with E-state index in [4.69, 9.17) is 5.11 Å². The molecule has 90 valence electrons. The van der Waals surface area contributed by atoms with E-state index in [-0.39, 0.29) is 5.92 Å². The predicted molar refractivity (Wildman–Crippen MR) is 55.7 cm³/mol. The lowest BCUT2D eigenvalue weighted by Gasteiger charge is -2.47. The van der Waals surface area contributed by atoms with Gasteiger partial charge in [-0.3, -0.25) is 4.79 Å². The minimum Gasteiger partial charge on any atom is -0.474 e. The molecule has 1 aliphatic heterocycles. The number of hydrogen-bond acceptors (Lipinski definition) is 3. The van der Waals surface area contributed by atoms with Crippen molar-refractivity contribution in [3.8, 4) is 0 Å². The number of carbonyl (C=O) groups excluding carboxylic acids is 1. The molecule has 1 heterocycles. The van der Waals surface area contributed by atoms with Crippen LogP contribution in [0.3, 0.4) is 0 Å². The van der Waals surface area contributed by atoms with Crippen LogP contribution in [-0.2, 0) is 9.59 Å². The summed E-state index contributed by atoms with van der Waals surface area (Å²) in [5.41, 5.74) is -0.659. The molecule has 16 heavy (non-hydrogen) atoms. The molecule has 0 bridgehead atoms. The summed E-state index contributed by atoms with van der Waals surface area (Å²) in [6.45, 7) is 0.750. The molecule has 5 nitrogen and oxygen atoms in total. The molecule has 0 spiro atoms. The van der Waals surface area contributed by atoms with Crippen LogP contribution in [0.5, 0.6) is 0 Å². The van der Waals surface area contributed by atoms with Crippen molar-refractivity contribution in [3.63, 3.8) is 0 Å². The first-order chi connectivity index (χ1) is 7.53. The zero-order valence-electron chi connectivity index (χ0n) is 9.19. The van der Waals surface area contributed by atoms with Crippen LogP contribution in [0.2, 0.25) is 0 Å². The summed E-state index contributed by atoms with van der Waals surface area (Å²) < 4.78 is 0. The molecule has 1 aliphatic carbocycles. The SMILES string of the molecule is O=C(O)C(=O)N1CCC2(O)CCCCC2C1. The number of amides is 1. The zero-order chi connectivity index (χ0) is 11.8. The molecule has 0 radical (unpaired) electrons. The second kappa shape index (κ2) is 4.05. The molecular weight excluding hydrogens is 210 g/mol. The third-order valence-corrected chi connectivity index (χ3v) is 3.90. The quantitative estimate of drug-likeness (QED) is 0.580. The Hall–Kier alpha value is -1.10. The fraction of sp³-hybridized carbons (Fsp3) is 0.818. The molecule has 2 fully saturated rings. The van der Waals surface area contributed by atoms with Crippen LogP contribution < -0.4 is 0 Å². The number of hydrogen-bond donors (Lipinski definition) is 2. The summed E-state index contributed by atoms with van der Waals surface area (Å²) in [4.78, 5) is 23.3. The predicted octanol–water partition coefficient (Wildman–Crippen LogP) is 0.225. The molecule has 1 amide bonds. The van der Waals surface area contributed by atoms with Crippen molar-refractivity contribution < 1.29 is 19.8 Å². The minimum atomic E-state index is -1.40. The Bertz CT molecular complexity index is 317. The molecule has 1 saturated heterocycles. The number of aliphatic hydroxyl groups is 1. The van der Waals surface area contributed by atoms with E-state index in [1.54, 1.807) is 0 Å². The molecule has 2 aliphatic rings. The highest BCUT2D eigenvalue weighted by atomic mass is 16.4. The summed E-state index contributed by atoms with van der Waals surface area (Å²) in [5, 5.41) is 19.0. The first kappa shape index (κ1) is 11.4. The van der Waals surface area contributed by atoms with Crippen LogP contribution >= 0.6 is 0 Å². The van der Waals surface area contributed by atoms with Crippen LogP contribution in [0.1, 0.15) is 32.1 Å². The number of carboxylic acids is 1. The Morgan fingerprint density at radius 1 is 1.25 bits per heavy atom. The Balaban J connectivity index is 2.05. The van der Waals surface area contributed by atoms with Crippen molar-refractivity contribution in [3.05, 3.63) is 0 Å². The van der Waals surface area contributed by atoms with Gasteiger partial charge in [0.2, 0.25) is 0 Å². The van der Waals surface area contributed by atoms with Crippen LogP contribution in [0.4, 0.5) is 0 Å². The normalized spacial score (nSPS) is 34.3. The lowest BCUT2D eigenvalue weighted by atomic mass is 9.71. The highest BCUT2D eigenvalue weighted by molar-refractivity contribution is 6.31. The van der Waals surface area contributed by atoms with Gasteiger partial charge in [-0.2, -0.15) is 0 Å². The molecule has 2 N–H and O–H groups in total. The molecular formula is C11H17NO4. The summed E-state index contributed by atoms with van der Waals surface area (Å²) >= 11 is 0. The molecule has 1 saturated carbocycles. The number of likely N-dealkylation sites (tertiary alicyclic amines) is 1. The van der Waals surface area contributed by atoms with Crippen LogP contribution in [0, 0.1) is 5.92 Å². The standard InChI is InChI=1S/C11H17NO4/c13-9(10(14)15)12-6-5-11(16)4-2-1-3-8(11)7-12/h8,16H,1-7H2,(H,14,15). The smallest absolute Gasteiger partial charge is 0.394 e. The number of aliphatic carboxylic acids is 1. The second-order valence-corrected chi connectivity index (χ2v) is 4.85. The monoisotopic (exact) mass is 227 g/mol. The maximum absolute atomic E-state index is 11.3. The van der Waals surface area contributed by atoms with Crippen molar-refractivity contribution in [2.24, 2.45) is 5.92 Å². The molecule has 2 unspecified atom stereocenters. The summed E-state index contributed by atoms with van der Waals surface area (Å²) in [6.07, 6.45) is 4.27. The van der Waals surface area contributed by atoms with Crippen LogP contribution in [0.25, 0.3) is 0 Å². The van der Waals surface area contributed by atoms with Gasteiger partial charge >= 0.3 is 11.9 Å². The van der Waals surface area contributed by atoms with E-state index in [0.717, 1.165) is 25.7 Å². The fourth-order valence-electron chi connectivity index (χ4n) is 2.89. The Morgan fingerprint density at radius 3 is 2.69 bits per heavy atom. The largest absolute Gasteiger partial charge is 0.474 e. The summed E-state index contributed by atoms with van der Waals surface area (Å²) in [6, 6.07) is 0. The molecule has 5 heteroatoms. The second-order valence-electron chi connectivity index (χ2n) is 4.85. The lowest BCUT2D eigenvalue weighted by molar-refractivity contribution is -0.161. The third-order valence-electron chi connectivity index (χ3n) is 3.90. The van der Waals surface area contributed by atoms with Gasteiger partial charge in [0.05, 0.1) is 5.60 Å². The van der Waals surface area contributed by atoms with E-state index < -0.39 is 17.5 Å². The third kappa shape index (κ3) is 1.91. The van der Waals surface area contributed by atoms with Crippen LogP contribution in [0.15, 0.2) is 0 Å². The zero-order valence-corrected chi connectivity index (χ0v) is 9.19. The average molecular weight is 227 g/mol. The Kier molecular flexibility index (Phi) is 2.88. The summed E-state index contributed by atoms with van der Waals surface area (Å²) in [7, 11) is 0.